The van der Waals surface area contributed by atoms with Gasteiger partial charge in [-0.2, -0.15) is 0 Å². The first-order valence-electron chi connectivity index (χ1n) is 15.4. The molecule has 3 heterocycles. The molecule has 1 unspecified atom stereocenters. The third kappa shape index (κ3) is 7.38. The molecule has 1 saturated heterocycles. The summed E-state index contributed by atoms with van der Waals surface area (Å²) >= 11 is 0. The van der Waals surface area contributed by atoms with E-state index in [0.29, 0.717) is 30.9 Å². The molecule has 0 aliphatic carbocycles. The van der Waals surface area contributed by atoms with E-state index < -0.39 is 15.7 Å². The Kier molecular flexibility index (Phi) is 10.5. The number of carbonyl (C=O) groups excluding carboxylic acids is 1. The Morgan fingerprint density at radius 2 is 1.80 bits per heavy atom. The predicted octanol–water partition coefficient (Wildman–Crippen LogP) is 4.58. The van der Waals surface area contributed by atoms with E-state index in [2.05, 4.69) is 16.3 Å². The number of carbonyl (C=O) groups is 1. The molecule has 2 aliphatic rings. The van der Waals surface area contributed by atoms with Crippen molar-refractivity contribution in [2.45, 2.75) is 50.9 Å². The van der Waals surface area contributed by atoms with E-state index in [1.807, 2.05) is 73.6 Å². The lowest BCUT2D eigenvalue weighted by Crippen LogP contribution is -2.38. The number of aliphatic hydroxyl groups is 1. The highest BCUT2D eigenvalue weighted by atomic mass is 32.2. The molecular weight excluding hydrogens is 576 g/mol. The molecule has 2 aliphatic heterocycles. The topological polar surface area (TPSA) is 104 Å². The highest BCUT2D eigenvalue weighted by Crippen LogP contribution is 2.44. The van der Waals surface area contributed by atoms with Crippen molar-refractivity contribution in [2.24, 2.45) is 0 Å². The number of nitrogens with one attached hydrogen (secondary N) is 1. The smallest absolute Gasteiger partial charge is 0.269 e. The van der Waals surface area contributed by atoms with Crippen LogP contribution < -0.4 is 10.1 Å². The molecule has 0 bridgehead atoms. The molecule has 2 aromatic carbocycles. The summed E-state index contributed by atoms with van der Waals surface area (Å²) in [6.07, 6.45) is 1.25. The molecular formula is C34H44N4O5S. The van der Waals surface area contributed by atoms with Gasteiger partial charge in [0.05, 0.1) is 36.8 Å². The number of methoxy groups -OCH3 is 1. The van der Waals surface area contributed by atoms with Crippen LogP contribution in [0.1, 0.15) is 61.3 Å². The summed E-state index contributed by atoms with van der Waals surface area (Å²) in [6, 6.07) is 17.5. The summed E-state index contributed by atoms with van der Waals surface area (Å²) in [7, 11) is 0.317. The molecule has 10 heteroatoms. The normalized spacial score (nSPS) is 18.2. The maximum Gasteiger partial charge on any atom is 0.269 e. The van der Waals surface area contributed by atoms with Gasteiger partial charge in [0.2, 0.25) is 0 Å². The SMILES string of the molecule is COc1cccc(-c2cccc(-c3nc(C(=O)NCCCN4CCOCC4)cc4c3[C@@H](CCO)N(S(=O)C(C)(C)C)C4)c2)c1. The Labute approximate surface area is 263 Å². The minimum atomic E-state index is -1.33. The van der Waals surface area contributed by atoms with Crippen molar-refractivity contribution in [3.8, 4) is 28.1 Å². The van der Waals surface area contributed by atoms with Crippen LogP contribution in [0.2, 0.25) is 0 Å². The van der Waals surface area contributed by atoms with Gasteiger partial charge in [-0.3, -0.25) is 9.69 Å². The van der Waals surface area contributed by atoms with Gasteiger partial charge in [0.25, 0.3) is 5.91 Å². The molecule has 0 spiro atoms. The first kappa shape index (κ1) is 32.2. The van der Waals surface area contributed by atoms with E-state index in [0.717, 1.165) is 72.8 Å². The number of hydrogen-bond donors (Lipinski definition) is 2. The summed E-state index contributed by atoms with van der Waals surface area (Å²) in [4.78, 5) is 20.8. The van der Waals surface area contributed by atoms with Crippen LogP contribution in [0.15, 0.2) is 54.6 Å². The van der Waals surface area contributed by atoms with Crippen LogP contribution in [0.5, 0.6) is 5.75 Å². The molecule has 1 fully saturated rings. The third-order valence-electron chi connectivity index (χ3n) is 8.10. The van der Waals surface area contributed by atoms with E-state index in [1.54, 1.807) is 7.11 Å². The van der Waals surface area contributed by atoms with E-state index >= 15 is 0 Å². The zero-order valence-electron chi connectivity index (χ0n) is 26.2. The number of nitrogens with zero attached hydrogens (tertiary/aromatic N) is 3. The second kappa shape index (κ2) is 14.3. The van der Waals surface area contributed by atoms with E-state index in [-0.39, 0.29) is 18.6 Å². The first-order valence-corrected chi connectivity index (χ1v) is 16.5. The first-order chi connectivity index (χ1) is 21.2. The van der Waals surface area contributed by atoms with Gasteiger partial charge in [0, 0.05) is 43.9 Å². The van der Waals surface area contributed by atoms with Gasteiger partial charge in [-0.15, -0.1) is 0 Å². The van der Waals surface area contributed by atoms with Crippen LogP contribution in [0.4, 0.5) is 0 Å². The number of benzene rings is 2. The summed E-state index contributed by atoms with van der Waals surface area (Å²) in [5, 5.41) is 13.1. The van der Waals surface area contributed by atoms with Gasteiger partial charge in [0.15, 0.2) is 0 Å². The van der Waals surface area contributed by atoms with Gasteiger partial charge in [-0.1, -0.05) is 30.3 Å². The third-order valence-corrected chi connectivity index (χ3v) is 9.96. The molecule has 236 valence electrons. The largest absolute Gasteiger partial charge is 0.497 e. The van der Waals surface area contributed by atoms with E-state index in [9.17, 15) is 14.1 Å². The maximum absolute atomic E-state index is 13.7. The fourth-order valence-corrected chi connectivity index (χ4v) is 7.28. The van der Waals surface area contributed by atoms with Crippen molar-refractivity contribution in [1.29, 1.82) is 0 Å². The summed E-state index contributed by atoms with van der Waals surface area (Å²) in [5.74, 6) is 0.539. The van der Waals surface area contributed by atoms with Gasteiger partial charge >= 0.3 is 0 Å². The van der Waals surface area contributed by atoms with Crippen LogP contribution in [-0.2, 0) is 22.3 Å². The highest BCUT2D eigenvalue weighted by molar-refractivity contribution is 7.84. The Bertz CT molecular complexity index is 1480. The zero-order chi connectivity index (χ0) is 31.3. The molecule has 2 N–H and O–H groups in total. The maximum atomic E-state index is 13.7. The second-order valence-corrected chi connectivity index (χ2v) is 14.5. The Morgan fingerprint density at radius 1 is 1.09 bits per heavy atom. The molecule has 1 amide bonds. The molecule has 2 atom stereocenters. The number of rotatable bonds is 11. The van der Waals surface area contributed by atoms with Crippen molar-refractivity contribution in [1.82, 2.24) is 19.5 Å². The lowest BCUT2D eigenvalue weighted by atomic mass is 9.94. The molecule has 44 heavy (non-hydrogen) atoms. The standard InChI is InChI=1S/C34H44N4O5S/c1-34(2,3)44(41)38-23-27-22-29(33(40)35-13-7-14-37-15-18-43-19-16-37)36-32(31(27)30(38)12-17-39)26-10-5-8-24(20-26)25-9-6-11-28(21-25)42-4/h5-6,8-11,20-22,30,39H,7,12-19,23H2,1-4H3,(H,35,40)/t30-,44?/m1/s1. The molecule has 9 nitrogen and oxygen atoms in total. The van der Waals surface area contributed by atoms with E-state index in [1.165, 1.54) is 0 Å². The lowest BCUT2D eigenvalue weighted by molar-refractivity contribution is 0.0374. The van der Waals surface area contributed by atoms with Crippen molar-refractivity contribution in [3.63, 3.8) is 0 Å². The number of morpholine rings is 1. The Hall–Kier alpha value is -3.15. The number of pyridine rings is 1. The number of aromatic nitrogens is 1. The van der Waals surface area contributed by atoms with Gasteiger partial charge in [0.1, 0.15) is 22.4 Å². The van der Waals surface area contributed by atoms with Crippen LogP contribution >= 0.6 is 0 Å². The number of amides is 1. The Balaban J connectivity index is 1.50. The molecule has 3 aromatic rings. The van der Waals surface area contributed by atoms with Gasteiger partial charge < -0.3 is 19.9 Å². The number of aliphatic hydroxyl groups excluding tert-OH is 1. The van der Waals surface area contributed by atoms with Gasteiger partial charge in [-0.25, -0.2) is 13.5 Å². The zero-order valence-corrected chi connectivity index (χ0v) is 27.0. The monoisotopic (exact) mass is 620 g/mol. The van der Waals surface area contributed by atoms with Crippen LogP contribution in [-0.4, -0.2) is 87.3 Å². The van der Waals surface area contributed by atoms with Crippen molar-refractivity contribution >= 4 is 16.9 Å². The Morgan fingerprint density at radius 3 is 2.50 bits per heavy atom. The summed E-state index contributed by atoms with van der Waals surface area (Å²) < 4.78 is 26.1. The molecule has 0 saturated carbocycles. The van der Waals surface area contributed by atoms with Crippen molar-refractivity contribution in [2.75, 3.05) is 53.1 Å². The highest BCUT2D eigenvalue weighted by Gasteiger charge is 2.40. The van der Waals surface area contributed by atoms with E-state index in [4.69, 9.17) is 14.5 Å². The molecule has 1 aromatic heterocycles. The lowest BCUT2D eigenvalue weighted by Gasteiger charge is -2.30. The average molecular weight is 621 g/mol. The van der Waals surface area contributed by atoms with Crippen LogP contribution in [0.3, 0.4) is 0 Å². The minimum Gasteiger partial charge on any atom is -0.497 e. The van der Waals surface area contributed by atoms with Gasteiger partial charge in [-0.05, 0) is 81.1 Å². The van der Waals surface area contributed by atoms with Crippen LogP contribution in [0, 0.1) is 0 Å². The second-order valence-electron chi connectivity index (χ2n) is 12.3. The fourth-order valence-electron chi connectivity index (χ4n) is 5.87. The van der Waals surface area contributed by atoms with Crippen molar-refractivity contribution in [3.05, 3.63) is 71.4 Å². The number of hydrogen-bond acceptors (Lipinski definition) is 7. The molecule has 5 rings (SSSR count). The van der Waals surface area contributed by atoms with Crippen molar-refractivity contribution < 1.29 is 23.6 Å². The summed E-state index contributed by atoms with van der Waals surface area (Å²) in [6.45, 7) is 11.0. The average Bonchev–Trinajstić information content (AvgIpc) is 3.40. The quantitative estimate of drug-likeness (QED) is 0.303. The number of ether oxygens (including phenoxy) is 2. The predicted molar refractivity (Wildman–Crippen MR) is 174 cm³/mol. The number of fused-ring (bicyclic) bond motifs is 1. The minimum absolute atomic E-state index is 0.0589. The summed E-state index contributed by atoms with van der Waals surface area (Å²) in [5.41, 5.74) is 5.69. The fraction of sp³-hybridized carbons (Fsp3) is 0.471. The van der Waals surface area contributed by atoms with Crippen LogP contribution in [0.25, 0.3) is 22.4 Å². The molecule has 0 radical (unpaired) electrons.